The number of halogens is 1. The summed E-state index contributed by atoms with van der Waals surface area (Å²) in [7, 11) is 0. The summed E-state index contributed by atoms with van der Waals surface area (Å²) in [6, 6.07) is 8.61. The molecule has 1 aliphatic carbocycles. The molecule has 198 valence electrons. The van der Waals surface area contributed by atoms with Gasteiger partial charge in [-0.3, -0.25) is 4.98 Å². The van der Waals surface area contributed by atoms with E-state index in [1.807, 2.05) is 25.1 Å². The Hall–Kier alpha value is -4.08. The van der Waals surface area contributed by atoms with E-state index in [1.54, 1.807) is 30.3 Å². The first-order chi connectivity index (χ1) is 18.4. The standard InChI is InChI=1S/C28H31FN6O3/c1-3-37-28(36)35-10-8-18(15-35)16-38-34-25-12-20(11-24-26(25)17(2)32-27(30)33-24)22-7-6-21(29)13-23(22)19-5-4-9-31-14-19/h4-7,9,13-14,18,20H,3,8,10-12,15-16H2,1-2H3,(H2,30,32,33)/b34-25+/t18-,20?/m1/s1. The molecule has 2 aliphatic rings. The number of oxime groups is 1. The minimum Gasteiger partial charge on any atom is -0.450 e. The topological polar surface area (TPSA) is 116 Å². The molecule has 0 saturated carbocycles. The lowest BCUT2D eigenvalue weighted by Gasteiger charge is -2.28. The van der Waals surface area contributed by atoms with Crippen molar-refractivity contribution in [2.75, 3.05) is 32.0 Å². The lowest BCUT2D eigenvalue weighted by molar-refractivity contribution is 0.0974. The number of amides is 1. The minimum absolute atomic E-state index is 0.0276. The maximum atomic E-state index is 14.3. The summed E-state index contributed by atoms with van der Waals surface area (Å²) in [4.78, 5) is 32.7. The zero-order valence-corrected chi connectivity index (χ0v) is 21.6. The van der Waals surface area contributed by atoms with Crippen molar-refractivity contribution in [3.63, 3.8) is 0 Å². The second kappa shape index (κ2) is 11.1. The number of nitrogens with two attached hydrogens (primary N) is 1. The van der Waals surface area contributed by atoms with E-state index >= 15 is 0 Å². The molecule has 10 heteroatoms. The van der Waals surface area contributed by atoms with Crippen molar-refractivity contribution in [3.8, 4) is 11.1 Å². The first-order valence-corrected chi connectivity index (χ1v) is 12.9. The predicted molar refractivity (Wildman–Crippen MR) is 141 cm³/mol. The molecule has 1 aliphatic heterocycles. The molecule has 9 nitrogen and oxygen atoms in total. The molecular formula is C28H31FN6O3. The van der Waals surface area contributed by atoms with E-state index in [0.717, 1.165) is 45.8 Å². The van der Waals surface area contributed by atoms with Gasteiger partial charge in [0.1, 0.15) is 12.4 Å². The third-order valence-electron chi connectivity index (χ3n) is 7.07. The molecule has 2 aromatic heterocycles. The van der Waals surface area contributed by atoms with Crippen molar-refractivity contribution >= 4 is 17.8 Å². The largest absolute Gasteiger partial charge is 0.450 e. The Morgan fingerprint density at radius 3 is 2.92 bits per heavy atom. The molecule has 38 heavy (non-hydrogen) atoms. The first-order valence-electron chi connectivity index (χ1n) is 12.9. The highest BCUT2D eigenvalue weighted by atomic mass is 19.1. The fourth-order valence-corrected chi connectivity index (χ4v) is 5.35. The average Bonchev–Trinajstić information content (AvgIpc) is 3.38. The number of pyridine rings is 1. The quantitative estimate of drug-likeness (QED) is 0.478. The molecule has 2 N–H and O–H groups in total. The predicted octanol–water partition coefficient (Wildman–Crippen LogP) is 4.50. The van der Waals surface area contributed by atoms with Crippen LogP contribution in [0.25, 0.3) is 11.1 Å². The van der Waals surface area contributed by atoms with E-state index in [0.29, 0.717) is 39.1 Å². The van der Waals surface area contributed by atoms with E-state index in [1.165, 1.54) is 6.07 Å². The van der Waals surface area contributed by atoms with E-state index in [4.69, 9.17) is 15.3 Å². The number of aromatic nitrogens is 3. The number of carbonyl (C=O) groups is 1. The molecule has 2 atom stereocenters. The van der Waals surface area contributed by atoms with Gasteiger partial charge >= 0.3 is 6.09 Å². The van der Waals surface area contributed by atoms with Crippen molar-refractivity contribution in [3.05, 3.63) is 71.1 Å². The minimum atomic E-state index is -0.308. The van der Waals surface area contributed by atoms with Gasteiger partial charge in [0, 0.05) is 48.9 Å². The number of fused-ring (bicyclic) bond motifs is 1. The molecule has 1 aromatic carbocycles. The van der Waals surface area contributed by atoms with E-state index in [9.17, 15) is 9.18 Å². The van der Waals surface area contributed by atoms with Gasteiger partial charge in [0.25, 0.3) is 0 Å². The number of carbonyl (C=O) groups excluding carboxylic acids is 1. The number of anilines is 1. The van der Waals surface area contributed by atoms with Crippen molar-refractivity contribution in [2.24, 2.45) is 11.1 Å². The first kappa shape index (κ1) is 25.6. The molecule has 3 aromatic rings. The zero-order chi connectivity index (χ0) is 26.6. The Kier molecular flexibility index (Phi) is 7.48. The van der Waals surface area contributed by atoms with Crippen LogP contribution in [0.5, 0.6) is 0 Å². The van der Waals surface area contributed by atoms with Crippen LogP contribution in [0.3, 0.4) is 0 Å². The zero-order valence-electron chi connectivity index (χ0n) is 21.6. The lowest BCUT2D eigenvalue weighted by Crippen LogP contribution is -2.29. The van der Waals surface area contributed by atoms with Crippen LogP contribution in [-0.2, 0) is 16.0 Å². The summed E-state index contributed by atoms with van der Waals surface area (Å²) >= 11 is 0. The van der Waals surface area contributed by atoms with Crippen molar-refractivity contribution < 1.29 is 18.8 Å². The number of ether oxygens (including phenoxy) is 1. The monoisotopic (exact) mass is 518 g/mol. The van der Waals surface area contributed by atoms with Crippen molar-refractivity contribution in [2.45, 2.75) is 39.0 Å². The number of hydrogen-bond acceptors (Lipinski definition) is 8. The van der Waals surface area contributed by atoms with E-state index in [-0.39, 0.29) is 29.7 Å². The fraction of sp³-hybridized carbons (Fsp3) is 0.393. The van der Waals surface area contributed by atoms with Gasteiger partial charge in [-0.2, -0.15) is 0 Å². The summed E-state index contributed by atoms with van der Waals surface area (Å²) in [5.41, 5.74) is 11.7. The van der Waals surface area contributed by atoms with Crippen LogP contribution in [0, 0.1) is 18.7 Å². The number of aryl methyl sites for hydroxylation is 1. The SMILES string of the molecule is CCOC(=O)N1CC[C@@H](CO/N=C2\CC(c3ccc(F)cc3-c3cccnc3)Cc3nc(N)nc(C)c32)C1. The third-order valence-corrected chi connectivity index (χ3v) is 7.07. The van der Waals surface area contributed by atoms with Gasteiger partial charge in [0.05, 0.1) is 23.7 Å². The highest BCUT2D eigenvalue weighted by Crippen LogP contribution is 2.38. The number of hydrogen-bond donors (Lipinski definition) is 1. The Morgan fingerprint density at radius 1 is 1.26 bits per heavy atom. The molecule has 0 bridgehead atoms. The lowest BCUT2D eigenvalue weighted by atomic mass is 9.78. The smallest absolute Gasteiger partial charge is 0.409 e. The van der Waals surface area contributed by atoms with Crippen LogP contribution in [0.1, 0.15) is 48.2 Å². The van der Waals surface area contributed by atoms with Gasteiger partial charge in [-0.05, 0) is 61.9 Å². The normalized spacial score (nSPS) is 19.9. The van der Waals surface area contributed by atoms with Crippen molar-refractivity contribution in [1.82, 2.24) is 19.9 Å². The molecule has 5 rings (SSSR count). The molecule has 0 radical (unpaired) electrons. The van der Waals surface area contributed by atoms with Crippen LogP contribution in [0.4, 0.5) is 15.1 Å². The maximum absolute atomic E-state index is 14.3. The van der Waals surface area contributed by atoms with Crippen molar-refractivity contribution in [1.29, 1.82) is 0 Å². The summed E-state index contributed by atoms with van der Waals surface area (Å²) in [5.74, 6) is 0.0384. The summed E-state index contributed by atoms with van der Waals surface area (Å²) < 4.78 is 19.4. The third kappa shape index (κ3) is 5.44. The Labute approximate surface area is 220 Å². The Bertz CT molecular complexity index is 1350. The number of benzene rings is 1. The molecule has 3 heterocycles. The second-order valence-electron chi connectivity index (χ2n) is 9.70. The van der Waals surface area contributed by atoms with Crippen LogP contribution < -0.4 is 5.73 Å². The van der Waals surface area contributed by atoms with Crippen LogP contribution in [-0.4, -0.2) is 58.0 Å². The molecular weight excluding hydrogens is 487 g/mol. The summed E-state index contributed by atoms with van der Waals surface area (Å²) in [6.07, 6.45) is 5.14. The highest BCUT2D eigenvalue weighted by Gasteiger charge is 2.31. The molecule has 0 spiro atoms. The van der Waals surface area contributed by atoms with Gasteiger partial charge in [0.2, 0.25) is 5.95 Å². The summed E-state index contributed by atoms with van der Waals surface area (Å²) in [6.45, 7) is 5.64. The molecule has 1 unspecified atom stereocenters. The van der Waals surface area contributed by atoms with Gasteiger partial charge in [-0.25, -0.2) is 19.2 Å². The average molecular weight is 519 g/mol. The number of rotatable bonds is 6. The maximum Gasteiger partial charge on any atom is 0.409 e. The van der Waals surface area contributed by atoms with E-state index in [2.05, 4.69) is 20.1 Å². The van der Waals surface area contributed by atoms with E-state index < -0.39 is 0 Å². The van der Waals surface area contributed by atoms with Gasteiger partial charge in [0.15, 0.2) is 0 Å². The second-order valence-corrected chi connectivity index (χ2v) is 9.70. The molecule has 1 saturated heterocycles. The van der Waals surface area contributed by atoms with Crippen LogP contribution in [0.2, 0.25) is 0 Å². The molecule has 1 amide bonds. The van der Waals surface area contributed by atoms with Crippen LogP contribution in [0.15, 0.2) is 47.9 Å². The van der Waals surface area contributed by atoms with Gasteiger partial charge in [-0.1, -0.05) is 17.3 Å². The van der Waals surface area contributed by atoms with Gasteiger partial charge in [-0.15, -0.1) is 0 Å². The number of nitrogens with zero attached hydrogens (tertiary/aromatic N) is 5. The van der Waals surface area contributed by atoms with Crippen LogP contribution >= 0.6 is 0 Å². The number of likely N-dealkylation sites (tertiary alicyclic amines) is 1. The Morgan fingerprint density at radius 2 is 2.13 bits per heavy atom. The van der Waals surface area contributed by atoms with Gasteiger partial charge < -0.3 is 20.2 Å². The Balaban J connectivity index is 1.41. The number of nitrogen functional groups attached to an aromatic ring is 1. The molecule has 1 fully saturated rings. The summed E-state index contributed by atoms with van der Waals surface area (Å²) in [5, 5.41) is 4.56. The highest BCUT2D eigenvalue weighted by molar-refractivity contribution is 6.03. The fourth-order valence-electron chi connectivity index (χ4n) is 5.35.